The molecule has 1 aliphatic heterocycles. The van der Waals surface area contributed by atoms with Gasteiger partial charge >= 0.3 is 0 Å². The van der Waals surface area contributed by atoms with Gasteiger partial charge in [0.25, 0.3) is 0 Å². The molecule has 7 heteroatoms. The zero-order valence-corrected chi connectivity index (χ0v) is 13.3. The molecule has 1 atom stereocenters. The summed E-state index contributed by atoms with van der Waals surface area (Å²) in [6.07, 6.45) is 0. The fourth-order valence-corrected chi connectivity index (χ4v) is 2.61. The van der Waals surface area contributed by atoms with E-state index >= 15 is 0 Å². The van der Waals surface area contributed by atoms with Gasteiger partial charge in [-0.25, -0.2) is 4.39 Å². The summed E-state index contributed by atoms with van der Waals surface area (Å²) in [5.41, 5.74) is 0.297. The van der Waals surface area contributed by atoms with Crippen molar-refractivity contribution in [2.75, 3.05) is 26.8 Å². The van der Waals surface area contributed by atoms with Gasteiger partial charge < -0.3 is 14.5 Å². The largest absolute Gasteiger partial charge is 0.383 e. The Morgan fingerprint density at radius 1 is 1.41 bits per heavy atom. The normalized spacial score (nSPS) is 19.0. The quantitative estimate of drug-likeness (QED) is 0.826. The molecule has 0 aliphatic carbocycles. The minimum Gasteiger partial charge on any atom is -0.383 e. The van der Waals surface area contributed by atoms with E-state index in [9.17, 15) is 14.0 Å². The van der Waals surface area contributed by atoms with Crippen molar-refractivity contribution in [3.63, 3.8) is 0 Å². The lowest BCUT2D eigenvalue weighted by molar-refractivity contribution is -0.156. The van der Waals surface area contributed by atoms with Crippen LogP contribution in [0.2, 0.25) is 5.02 Å². The van der Waals surface area contributed by atoms with Crippen molar-refractivity contribution in [3.05, 3.63) is 34.6 Å². The summed E-state index contributed by atoms with van der Waals surface area (Å²) >= 11 is 5.75. The number of hydrogen-bond acceptors (Lipinski definition) is 3. The number of benzene rings is 1. The molecule has 1 fully saturated rings. The lowest BCUT2D eigenvalue weighted by atomic mass is 10.1. The average Bonchev–Trinajstić information content (AvgIpc) is 2.50. The van der Waals surface area contributed by atoms with Gasteiger partial charge in [0.15, 0.2) is 0 Å². The third-order valence-electron chi connectivity index (χ3n) is 3.72. The standard InChI is InChI=1S/C15H18ClFN2O3/c1-10-15(21)18(6-7-22-2)9-13(20)19(10)8-11-4-3-5-12(16)14(11)17/h3-5,10H,6-9H2,1-2H3/t10-/m0/s1. The fourth-order valence-electron chi connectivity index (χ4n) is 2.42. The summed E-state index contributed by atoms with van der Waals surface area (Å²) < 4.78 is 18.9. The van der Waals surface area contributed by atoms with E-state index < -0.39 is 11.9 Å². The maximum absolute atomic E-state index is 14.0. The lowest BCUT2D eigenvalue weighted by Crippen LogP contribution is -2.58. The van der Waals surface area contributed by atoms with Crippen LogP contribution in [0.1, 0.15) is 12.5 Å². The molecule has 0 bridgehead atoms. The fraction of sp³-hybridized carbons (Fsp3) is 0.467. The van der Waals surface area contributed by atoms with E-state index in [1.54, 1.807) is 19.1 Å². The Bertz CT molecular complexity index is 582. The Labute approximate surface area is 133 Å². The van der Waals surface area contributed by atoms with Crippen LogP contribution in [0, 0.1) is 5.82 Å². The molecule has 0 unspecified atom stereocenters. The zero-order chi connectivity index (χ0) is 16.3. The second-order valence-corrected chi connectivity index (χ2v) is 5.57. The van der Waals surface area contributed by atoms with Crippen molar-refractivity contribution in [2.45, 2.75) is 19.5 Å². The summed E-state index contributed by atoms with van der Waals surface area (Å²) in [6.45, 7) is 2.38. The number of carbonyl (C=O) groups is 2. The van der Waals surface area contributed by atoms with E-state index in [1.807, 2.05) is 0 Å². The van der Waals surface area contributed by atoms with Crippen LogP contribution in [0.15, 0.2) is 18.2 Å². The number of carbonyl (C=O) groups excluding carboxylic acids is 2. The van der Waals surface area contributed by atoms with E-state index in [1.165, 1.54) is 23.0 Å². The number of methoxy groups -OCH3 is 1. The first kappa shape index (κ1) is 16.7. The van der Waals surface area contributed by atoms with E-state index in [4.69, 9.17) is 16.3 Å². The molecular formula is C15H18ClFN2O3. The van der Waals surface area contributed by atoms with Gasteiger partial charge in [0.2, 0.25) is 11.8 Å². The first-order valence-corrected chi connectivity index (χ1v) is 7.33. The average molecular weight is 329 g/mol. The second-order valence-electron chi connectivity index (χ2n) is 5.16. The number of nitrogens with zero attached hydrogens (tertiary/aromatic N) is 2. The molecule has 2 rings (SSSR count). The van der Waals surface area contributed by atoms with Crippen LogP contribution in [-0.2, 0) is 20.9 Å². The van der Waals surface area contributed by atoms with Gasteiger partial charge in [-0.2, -0.15) is 0 Å². The summed E-state index contributed by atoms with van der Waals surface area (Å²) in [6, 6.07) is 3.98. The van der Waals surface area contributed by atoms with Crippen molar-refractivity contribution in [1.82, 2.24) is 9.80 Å². The summed E-state index contributed by atoms with van der Waals surface area (Å²) in [5.74, 6) is -0.944. The molecule has 1 aromatic rings. The Kier molecular flexibility index (Phi) is 5.37. The van der Waals surface area contributed by atoms with Crippen molar-refractivity contribution < 1.29 is 18.7 Å². The molecule has 1 heterocycles. The van der Waals surface area contributed by atoms with Crippen LogP contribution in [-0.4, -0.2) is 54.5 Å². The summed E-state index contributed by atoms with van der Waals surface area (Å²) in [4.78, 5) is 27.4. The predicted molar refractivity (Wildman–Crippen MR) is 79.9 cm³/mol. The van der Waals surface area contributed by atoms with Crippen molar-refractivity contribution >= 4 is 23.4 Å². The molecule has 120 valence electrons. The van der Waals surface area contributed by atoms with Crippen molar-refractivity contribution in [1.29, 1.82) is 0 Å². The second kappa shape index (κ2) is 7.07. The van der Waals surface area contributed by atoms with E-state index in [2.05, 4.69) is 0 Å². The Balaban J connectivity index is 2.14. The first-order chi connectivity index (χ1) is 10.5. The highest BCUT2D eigenvalue weighted by Crippen LogP contribution is 2.22. The number of hydrogen-bond donors (Lipinski definition) is 0. The van der Waals surface area contributed by atoms with Gasteiger partial charge in [-0.05, 0) is 13.0 Å². The molecule has 0 saturated carbocycles. The van der Waals surface area contributed by atoms with Gasteiger partial charge in [-0.1, -0.05) is 23.7 Å². The van der Waals surface area contributed by atoms with Gasteiger partial charge in [0, 0.05) is 25.8 Å². The van der Waals surface area contributed by atoms with E-state index in [0.717, 1.165) is 0 Å². The number of rotatable bonds is 5. The first-order valence-electron chi connectivity index (χ1n) is 6.95. The molecule has 0 spiro atoms. The molecule has 5 nitrogen and oxygen atoms in total. The Morgan fingerprint density at radius 2 is 2.14 bits per heavy atom. The van der Waals surface area contributed by atoms with Gasteiger partial charge in [-0.15, -0.1) is 0 Å². The highest BCUT2D eigenvalue weighted by atomic mass is 35.5. The van der Waals surface area contributed by atoms with Crippen LogP contribution >= 0.6 is 11.6 Å². The molecule has 1 saturated heterocycles. The summed E-state index contributed by atoms with van der Waals surface area (Å²) in [5, 5.41) is 0.00246. The highest BCUT2D eigenvalue weighted by molar-refractivity contribution is 6.30. The Hall–Kier alpha value is -1.66. The minimum absolute atomic E-state index is 0.00246. The number of amides is 2. The molecule has 0 radical (unpaired) electrons. The van der Waals surface area contributed by atoms with Crippen LogP contribution in [0.25, 0.3) is 0 Å². The van der Waals surface area contributed by atoms with Crippen LogP contribution in [0.5, 0.6) is 0 Å². The van der Waals surface area contributed by atoms with Crippen LogP contribution < -0.4 is 0 Å². The van der Waals surface area contributed by atoms with E-state index in [0.29, 0.717) is 18.7 Å². The summed E-state index contributed by atoms with van der Waals surface area (Å²) in [7, 11) is 1.54. The SMILES string of the molecule is COCCN1CC(=O)N(Cc2cccc(Cl)c2F)[C@@H](C)C1=O. The highest BCUT2D eigenvalue weighted by Gasteiger charge is 2.36. The van der Waals surface area contributed by atoms with Gasteiger partial charge in [0.05, 0.1) is 18.2 Å². The zero-order valence-electron chi connectivity index (χ0n) is 12.5. The van der Waals surface area contributed by atoms with Crippen molar-refractivity contribution in [3.8, 4) is 0 Å². The van der Waals surface area contributed by atoms with Gasteiger partial charge in [-0.3, -0.25) is 9.59 Å². The number of piperazine rings is 1. The Morgan fingerprint density at radius 3 is 2.82 bits per heavy atom. The molecule has 0 aromatic heterocycles. The van der Waals surface area contributed by atoms with Crippen LogP contribution in [0.3, 0.4) is 0 Å². The maximum atomic E-state index is 14.0. The molecular weight excluding hydrogens is 311 g/mol. The molecule has 0 N–H and O–H groups in total. The molecule has 1 aromatic carbocycles. The number of halogens is 2. The smallest absolute Gasteiger partial charge is 0.245 e. The predicted octanol–water partition coefficient (Wildman–Crippen LogP) is 1.68. The molecule has 1 aliphatic rings. The van der Waals surface area contributed by atoms with E-state index in [-0.39, 0.29) is 29.9 Å². The molecule has 2 amide bonds. The molecule has 22 heavy (non-hydrogen) atoms. The topological polar surface area (TPSA) is 49.9 Å². The van der Waals surface area contributed by atoms with Gasteiger partial charge in [0.1, 0.15) is 11.9 Å². The van der Waals surface area contributed by atoms with Crippen LogP contribution in [0.4, 0.5) is 4.39 Å². The monoisotopic (exact) mass is 328 g/mol. The third-order valence-corrected chi connectivity index (χ3v) is 4.01. The maximum Gasteiger partial charge on any atom is 0.245 e. The minimum atomic E-state index is -0.642. The third kappa shape index (κ3) is 3.39. The number of ether oxygens (including phenoxy) is 1. The lowest BCUT2D eigenvalue weighted by Gasteiger charge is -2.38. The van der Waals surface area contributed by atoms with Crippen molar-refractivity contribution in [2.24, 2.45) is 0 Å².